The van der Waals surface area contributed by atoms with Crippen molar-refractivity contribution in [2.24, 2.45) is 0 Å². The summed E-state index contributed by atoms with van der Waals surface area (Å²) >= 11 is 3.48. The molecule has 4 nitrogen and oxygen atoms in total. The van der Waals surface area contributed by atoms with Gasteiger partial charge < -0.3 is 14.4 Å². The first-order valence-corrected chi connectivity index (χ1v) is 10.2. The fourth-order valence-corrected chi connectivity index (χ4v) is 3.85. The van der Waals surface area contributed by atoms with Crippen LogP contribution in [0.15, 0.2) is 59.1 Å². The molecule has 5 heteroatoms. The second-order valence-corrected chi connectivity index (χ2v) is 7.86. The minimum absolute atomic E-state index is 0.174. The Labute approximate surface area is 169 Å². The van der Waals surface area contributed by atoms with Crippen molar-refractivity contribution in [3.63, 3.8) is 0 Å². The lowest BCUT2D eigenvalue weighted by molar-refractivity contribution is -0.140. The molecule has 0 unspecified atom stereocenters. The largest absolute Gasteiger partial charge is 0.494 e. The van der Waals surface area contributed by atoms with Gasteiger partial charge >= 0.3 is 0 Å². The Morgan fingerprint density at radius 2 is 1.78 bits per heavy atom. The van der Waals surface area contributed by atoms with Gasteiger partial charge in [0.05, 0.1) is 12.0 Å². The van der Waals surface area contributed by atoms with Crippen LogP contribution in [-0.2, 0) is 14.9 Å². The number of ether oxygens (including phenoxy) is 2. The van der Waals surface area contributed by atoms with Crippen LogP contribution in [0.2, 0.25) is 0 Å². The molecule has 2 aromatic rings. The van der Waals surface area contributed by atoms with Gasteiger partial charge in [0.15, 0.2) is 0 Å². The third-order valence-electron chi connectivity index (χ3n) is 5.15. The summed E-state index contributed by atoms with van der Waals surface area (Å²) in [5.74, 6) is 1.04. The minimum Gasteiger partial charge on any atom is -0.494 e. The maximum absolute atomic E-state index is 13.4. The fraction of sp³-hybridized carbons (Fsp3) is 0.409. The average molecular weight is 432 g/mol. The van der Waals surface area contributed by atoms with Crippen molar-refractivity contribution >= 4 is 21.8 Å². The van der Waals surface area contributed by atoms with Crippen molar-refractivity contribution < 1.29 is 14.3 Å². The van der Waals surface area contributed by atoms with Gasteiger partial charge in [0.2, 0.25) is 5.91 Å². The molecule has 0 spiro atoms. The summed E-state index contributed by atoms with van der Waals surface area (Å²) in [4.78, 5) is 15.2. The zero-order chi connectivity index (χ0) is 19.1. The minimum atomic E-state index is -0.492. The maximum Gasteiger partial charge on any atom is 0.233 e. The topological polar surface area (TPSA) is 38.8 Å². The van der Waals surface area contributed by atoms with E-state index in [-0.39, 0.29) is 5.91 Å². The summed E-state index contributed by atoms with van der Waals surface area (Å²) in [6, 6.07) is 17.9. The van der Waals surface area contributed by atoms with E-state index in [1.165, 1.54) is 0 Å². The Kier molecular flexibility index (Phi) is 6.91. The van der Waals surface area contributed by atoms with Gasteiger partial charge in [-0.05, 0) is 49.1 Å². The van der Waals surface area contributed by atoms with Gasteiger partial charge in [-0.2, -0.15) is 0 Å². The van der Waals surface area contributed by atoms with Crippen molar-refractivity contribution in [2.75, 3.05) is 33.4 Å². The molecular formula is C22H26BrNO3. The first-order valence-electron chi connectivity index (χ1n) is 9.39. The molecule has 1 saturated heterocycles. The Morgan fingerprint density at radius 3 is 2.44 bits per heavy atom. The molecule has 1 aliphatic heterocycles. The van der Waals surface area contributed by atoms with Crippen molar-refractivity contribution in [3.8, 4) is 5.75 Å². The van der Waals surface area contributed by atoms with E-state index in [1.807, 2.05) is 54.4 Å². The molecule has 0 radical (unpaired) electrons. The third kappa shape index (κ3) is 4.90. The second-order valence-electron chi connectivity index (χ2n) is 6.94. The molecule has 1 aliphatic rings. The van der Waals surface area contributed by atoms with Crippen LogP contribution >= 0.6 is 15.9 Å². The Balaban J connectivity index is 1.62. The smallest absolute Gasteiger partial charge is 0.233 e. The lowest BCUT2D eigenvalue weighted by atomic mass is 9.73. The third-order valence-corrected chi connectivity index (χ3v) is 5.68. The average Bonchev–Trinajstić information content (AvgIpc) is 2.72. The molecule has 3 rings (SSSR count). The number of hydrogen-bond acceptors (Lipinski definition) is 3. The SMILES string of the molecule is CN(CCCOc1ccccc1)C(=O)C1(c2ccc(Br)cc2)CCOCC1. The molecule has 0 atom stereocenters. The fourth-order valence-electron chi connectivity index (χ4n) is 3.59. The summed E-state index contributed by atoms with van der Waals surface area (Å²) in [5, 5.41) is 0. The van der Waals surface area contributed by atoms with Gasteiger partial charge in [0, 0.05) is 31.3 Å². The summed E-state index contributed by atoms with van der Waals surface area (Å²) in [6.45, 7) is 2.50. The Hall–Kier alpha value is -1.85. The summed E-state index contributed by atoms with van der Waals surface area (Å²) in [5.41, 5.74) is 0.583. The zero-order valence-corrected chi connectivity index (χ0v) is 17.3. The monoisotopic (exact) mass is 431 g/mol. The highest BCUT2D eigenvalue weighted by atomic mass is 79.9. The Bertz CT molecular complexity index is 727. The van der Waals surface area contributed by atoms with Gasteiger partial charge in [0.1, 0.15) is 5.75 Å². The normalized spacial score (nSPS) is 15.9. The molecule has 1 amide bonds. The second kappa shape index (κ2) is 9.38. The molecule has 2 aromatic carbocycles. The lowest BCUT2D eigenvalue weighted by Crippen LogP contribution is -2.49. The number of carbonyl (C=O) groups excluding carboxylic acids is 1. The maximum atomic E-state index is 13.4. The highest BCUT2D eigenvalue weighted by molar-refractivity contribution is 9.10. The summed E-state index contributed by atoms with van der Waals surface area (Å²) in [6.07, 6.45) is 2.24. The number of para-hydroxylation sites is 1. The molecule has 0 N–H and O–H groups in total. The van der Waals surface area contributed by atoms with Crippen molar-refractivity contribution in [1.82, 2.24) is 4.90 Å². The first kappa shape index (κ1) is 19.9. The van der Waals surface area contributed by atoms with Crippen LogP contribution in [0.25, 0.3) is 0 Å². The van der Waals surface area contributed by atoms with E-state index in [0.717, 1.165) is 35.0 Å². The van der Waals surface area contributed by atoms with E-state index in [1.54, 1.807) is 0 Å². The van der Waals surface area contributed by atoms with Gasteiger partial charge in [-0.3, -0.25) is 4.79 Å². The molecule has 1 fully saturated rings. The van der Waals surface area contributed by atoms with E-state index in [9.17, 15) is 4.79 Å². The molecule has 0 aromatic heterocycles. The van der Waals surface area contributed by atoms with E-state index < -0.39 is 5.41 Å². The van der Waals surface area contributed by atoms with Crippen LogP contribution in [0.5, 0.6) is 5.75 Å². The number of likely N-dealkylation sites (N-methyl/N-ethyl adjacent to an activating group) is 1. The van der Waals surface area contributed by atoms with Crippen molar-refractivity contribution in [1.29, 1.82) is 0 Å². The molecule has 1 heterocycles. The van der Waals surface area contributed by atoms with Gasteiger partial charge in [-0.1, -0.05) is 46.3 Å². The van der Waals surface area contributed by atoms with Crippen LogP contribution in [0.4, 0.5) is 0 Å². The van der Waals surface area contributed by atoms with Gasteiger partial charge in [0.25, 0.3) is 0 Å². The van der Waals surface area contributed by atoms with Crippen molar-refractivity contribution in [3.05, 3.63) is 64.6 Å². The molecule has 0 aliphatic carbocycles. The molecular weight excluding hydrogens is 406 g/mol. The van der Waals surface area contributed by atoms with Crippen LogP contribution < -0.4 is 4.74 Å². The standard InChI is InChI=1S/C22H26BrNO3/c1-24(14-5-15-27-20-6-3-2-4-7-20)21(25)22(12-16-26-17-13-22)18-8-10-19(23)11-9-18/h2-4,6-11H,5,12-17H2,1H3. The van der Waals surface area contributed by atoms with E-state index in [4.69, 9.17) is 9.47 Å². The van der Waals surface area contributed by atoms with Crippen LogP contribution in [0.3, 0.4) is 0 Å². The van der Waals surface area contributed by atoms with Crippen LogP contribution in [-0.4, -0.2) is 44.2 Å². The lowest BCUT2D eigenvalue weighted by Gasteiger charge is -2.39. The van der Waals surface area contributed by atoms with Crippen LogP contribution in [0, 0.1) is 0 Å². The number of rotatable bonds is 7. The predicted octanol–water partition coefficient (Wildman–Crippen LogP) is 4.42. The van der Waals surface area contributed by atoms with E-state index in [0.29, 0.717) is 26.4 Å². The quantitative estimate of drug-likeness (QED) is 0.608. The highest BCUT2D eigenvalue weighted by Crippen LogP contribution is 2.37. The van der Waals surface area contributed by atoms with Crippen LogP contribution in [0.1, 0.15) is 24.8 Å². The van der Waals surface area contributed by atoms with Crippen molar-refractivity contribution in [2.45, 2.75) is 24.7 Å². The highest BCUT2D eigenvalue weighted by Gasteiger charge is 2.43. The number of nitrogens with zero attached hydrogens (tertiary/aromatic N) is 1. The number of hydrogen-bond donors (Lipinski definition) is 0. The number of benzene rings is 2. The van der Waals surface area contributed by atoms with Gasteiger partial charge in [-0.25, -0.2) is 0 Å². The summed E-state index contributed by atoms with van der Waals surface area (Å²) in [7, 11) is 1.89. The Morgan fingerprint density at radius 1 is 1.11 bits per heavy atom. The first-order chi connectivity index (χ1) is 13.1. The van der Waals surface area contributed by atoms with Gasteiger partial charge in [-0.15, -0.1) is 0 Å². The number of amides is 1. The number of carbonyl (C=O) groups is 1. The molecule has 0 saturated carbocycles. The predicted molar refractivity (Wildman–Crippen MR) is 110 cm³/mol. The molecule has 144 valence electrons. The molecule has 0 bridgehead atoms. The number of halogens is 1. The zero-order valence-electron chi connectivity index (χ0n) is 15.7. The molecule has 27 heavy (non-hydrogen) atoms. The van der Waals surface area contributed by atoms with E-state index in [2.05, 4.69) is 28.1 Å². The van der Waals surface area contributed by atoms with E-state index >= 15 is 0 Å². The summed E-state index contributed by atoms with van der Waals surface area (Å²) < 4.78 is 12.3.